The van der Waals surface area contributed by atoms with Crippen molar-refractivity contribution >= 4 is 11.6 Å². The fourth-order valence-electron chi connectivity index (χ4n) is 3.74. The Balaban J connectivity index is 1.58. The number of nitrogens with one attached hydrogen (secondary N) is 1. The Morgan fingerprint density at radius 3 is 2.37 bits per heavy atom. The topological polar surface area (TPSA) is 32.3 Å². The first-order chi connectivity index (χ1) is 14.3. The summed E-state index contributed by atoms with van der Waals surface area (Å²) in [7, 11) is 0. The summed E-state index contributed by atoms with van der Waals surface area (Å²) >= 11 is 0. The van der Waals surface area contributed by atoms with E-state index in [1.54, 1.807) is 24.3 Å². The van der Waals surface area contributed by atoms with Crippen molar-refractivity contribution < 1.29 is 18.0 Å². The van der Waals surface area contributed by atoms with Gasteiger partial charge in [0.1, 0.15) is 0 Å². The molecule has 0 unspecified atom stereocenters. The van der Waals surface area contributed by atoms with Crippen LogP contribution in [0.3, 0.4) is 0 Å². The molecule has 0 bridgehead atoms. The van der Waals surface area contributed by atoms with Gasteiger partial charge in [-0.3, -0.25) is 9.69 Å². The third-order valence-electron chi connectivity index (χ3n) is 5.39. The molecule has 1 aliphatic heterocycles. The SMILES string of the molecule is CCN1Cc2ccc(NC(=O)c3ccccc3-c3ccc(C(F)(F)F)cc3)cc2C1. The molecule has 1 amide bonds. The molecule has 1 heterocycles. The third-order valence-corrected chi connectivity index (χ3v) is 5.39. The van der Waals surface area contributed by atoms with Gasteiger partial charge < -0.3 is 5.32 Å². The number of hydrogen-bond acceptors (Lipinski definition) is 2. The van der Waals surface area contributed by atoms with E-state index in [4.69, 9.17) is 0 Å². The number of nitrogens with zero attached hydrogens (tertiary/aromatic N) is 1. The molecule has 0 aliphatic carbocycles. The van der Waals surface area contributed by atoms with Crippen LogP contribution in [0.1, 0.15) is 34.0 Å². The van der Waals surface area contributed by atoms with E-state index >= 15 is 0 Å². The highest BCUT2D eigenvalue weighted by Gasteiger charge is 2.30. The predicted molar refractivity (Wildman–Crippen MR) is 111 cm³/mol. The van der Waals surface area contributed by atoms with Gasteiger partial charge in [-0.25, -0.2) is 0 Å². The first-order valence-electron chi connectivity index (χ1n) is 9.77. The molecule has 4 rings (SSSR count). The Morgan fingerprint density at radius 1 is 0.967 bits per heavy atom. The van der Waals surface area contributed by atoms with E-state index < -0.39 is 11.7 Å². The van der Waals surface area contributed by atoms with Crippen molar-refractivity contribution in [2.45, 2.75) is 26.2 Å². The van der Waals surface area contributed by atoms with Gasteiger partial charge in [0, 0.05) is 24.3 Å². The van der Waals surface area contributed by atoms with E-state index in [0.29, 0.717) is 22.4 Å². The zero-order chi connectivity index (χ0) is 21.3. The second-order valence-corrected chi connectivity index (χ2v) is 7.36. The first kappa shape index (κ1) is 20.2. The fraction of sp³-hybridized carbons (Fsp3) is 0.208. The van der Waals surface area contributed by atoms with Gasteiger partial charge in [-0.1, -0.05) is 43.3 Å². The lowest BCUT2D eigenvalue weighted by Gasteiger charge is -2.12. The summed E-state index contributed by atoms with van der Waals surface area (Å²) in [4.78, 5) is 15.3. The van der Waals surface area contributed by atoms with Crippen molar-refractivity contribution in [2.75, 3.05) is 11.9 Å². The second-order valence-electron chi connectivity index (χ2n) is 7.36. The average Bonchev–Trinajstić information content (AvgIpc) is 3.16. The van der Waals surface area contributed by atoms with E-state index in [1.807, 2.05) is 18.2 Å². The minimum atomic E-state index is -4.39. The maximum absolute atomic E-state index is 13.0. The lowest BCUT2D eigenvalue weighted by molar-refractivity contribution is -0.137. The quantitative estimate of drug-likeness (QED) is 0.576. The van der Waals surface area contributed by atoms with Crippen molar-refractivity contribution in [1.29, 1.82) is 0 Å². The van der Waals surface area contributed by atoms with Crippen LogP contribution in [-0.2, 0) is 19.3 Å². The van der Waals surface area contributed by atoms with Gasteiger partial charge in [0.25, 0.3) is 5.91 Å². The van der Waals surface area contributed by atoms with Crippen molar-refractivity contribution in [3.63, 3.8) is 0 Å². The maximum Gasteiger partial charge on any atom is 0.416 e. The molecule has 30 heavy (non-hydrogen) atoms. The van der Waals surface area contributed by atoms with E-state index in [-0.39, 0.29) is 5.91 Å². The van der Waals surface area contributed by atoms with Crippen LogP contribution >= 0.6 is 0 Å². The molecule has 3 aromatic rings. The summed E-state index contributed by atoms with van der Waals surface area (Å²) in [5.74, 6) is -0.296. The Bertz CT molecular complexity index is 1070. The third kappa shape index (κ3) is 4.09. The average molecular weight is 410 g/mol. The van der Waals surface area contributed by atoms with E-state index in [1.165, 1.54) is 23.3 Å². The molecular formula is C24H21F3N2O. The summed E-state index contributed by atoms with van der Waals surface area (Å²) in [5, 5.41) is 2.93. The molecule has 0 fully saturated rings. The Morgan fingerprint density at radius 2 is 1.67 bits per heavy atom. The number of halogens is 3. The van der Waals surface area contributed by atoms with Gasteiger partial charge in [-0.05, 0) is 59.1 Å². The molecule has 1 aliphatic rings. The number of anilines is 1. The minimum absolute atomic E-state index is 0.296. The van der Waals surface area contributed by atoms with Crippen LogP contribution in [0.25, 0.3) is 11.1 Å². The van der Waals surface area contributed by atoms with Gasteiger partial charge in [0.15, 0.2) is 0 Å². The van der Waals surface area contributed by atoms with Crippen LogP contribution in [0.2, 0.25) is 0 Å². The monoisotopic (exact) mass is 410 g/mol. The summed E-state index contributed by atoms with van der Waals surface area (Å²) < 4.78 is 38.5. The van der Waals surface area contributed by atoms with Gasteiger partial charge in [0.05, 0.1) is 5.56 Å². The lowest BCUT2D eigenvalue weighted by atomic mass is 9.98. The number of alkyl halides is 3. The zero-order valence-corrected chi connectivity index (χ0v) is 16.5. The smallest absolute Gasteiger partial charge is 0.322 e. The van der Waals surface area contributed by atoms with Gasteiger partial charge >= 0.3 is 6.18 Å². The van der Waals surface area contributed by atoms with Crippen LogP contribution in [0.4, 0.5) is 18.9 Å². The van der Waals surface area contributed by atoms with Gasteiger partial charge in [-0.2, -0.15) is 13.2 Å². The molecule has 0 atom stereocenters. The standard InChI is InChI=1S/C24H21F3N2O/c1-2-29-14-17-9-12-20(13-18(17)15-29)28-23(30)22-6-4-3-5-21(22)16-7-10-19(11-8-16)24(25,26)27/h3-13H,2,14-15H2,1H3,(H,28,30). The van der Waals surface area contributed by atoms with Crippen molar-refractivity contribution in [2.24, 2.45) is 0 Å². The minimum Gasteiger partial charge on any atom is -0.322 e. The number of carbonyl (C=O) groups excluding carboxylic acids is 1. The highest BCUT2D eigenvalue weighted by molar-refractivity contribution is 6.08. The molecule has 0 saturated heterocycles. The molecule has 0 radical (unpaired) electrons. The van der Waals surface area contributed by atoms with Crippen LogP contribution in [0, 0.1) is 0 Å². The van der Waals surface area contributed by atoms with Crippen molar-refractivity contribution in [3.8, 4) is 11.1 Å². The molecule has 6 heteroatoms. The molecule has 1 N–H and O–H groups in total. The lowest BCUT2D eigenvalue weighted by Crippen LogP contribution is -2.14. The highest BCUT2D eigenvalue weighted by atomic mass is 19.4. The van der Waals surface area contributed by atoms with Crippen LogP contribution in [0.15, 0.2) is 66.7 Å². The number of amides is 1. The summed E-state index contributed by atoms with van der Waals surface area (Å²) in [6.07, 6.45) is -4.39. The molecule has 3 nitrogen and oxygen atoms in total. The highest BCUT2D eigenvalue weighted by Crippen LogP contribution is 2.32. The van der Waals surface area contributed by atoms with Crippen molar-refractivity contribution in [1.82, 2.24) is 4.90 Å². The fourth-order valence-corrected chi connectivity index (χ4v) is 3.74. The predicted octanol–water partition coefficient (Wildman–Crippen LogP) is 5.96. The van der Waals surface area contributed by atoms with Crippen molar-refractivity contribution in [3.05, 3.63) is 89.0 Å². The normalized spacial score (nSPS) is 13.9. The number of fused-ring (bicyclic) bond motifs is 1. The molecular weight excluding hydrogens is 389 g/mol. The zero-order valence-electron chi connectivity index (χ0n) is 16.5. The number of rotatable bonds is 4. The molecule has 0 saturated carbocycles. The molecule has 3 aromatic carbocycles. The van der Waals surface area contributed by atoms with Crippen LogP contribution < -0.4 is 5.32 Å². The Hall–Kier alpha value is -3.12. The van der Waals surface area contributed by atoms with Crippen LogP contribution in [0.5, 0.6) is 0 Å². The number of carbonyl (C=O) groups is 1. The first-order valence-corrected chi connectivity index (χ1v) is 9.77. The second kappa shape index (κ2) is 7.95. The summed E-state index contributed by atoms with van der Waals surface area (Å²) in [6, 6.07) is 17.7. The Labute approximate surface area is 173 Å². The Kier molecular flexibility index (Phi) is 5.35. The maximum atomic E-state index is 13.0. The largest absolute Gasteiger partial charge is 0.416 e. The number of benzene rings is 3. The van der Waals surface area contributed by atoms with Gasteiger partial charge in [-0.15, -0.1) is 0 Å². The van der Waals surface area contributed by atoms with E-state index in [9.17, 15) is 18.0 Å². The summed E-state index contributed by atoms with van der Waals surface area (Å²) in [6.45, 7) is 4.86. The van der Waals surface area contributed by atoms with Gasteiger partial charge in [0.2, 0.25) is 0 Å². The molecule has 0 aromatic heterocycles. The van der Waals surface area contributed by atoms with E-state index in [0.717, 1.165) is 31.8 Å². The molecule has 0 spiro atoms. The molecule has 154 valence electrons. The summed E-state index contributed by atoms with van der Waals surface area (Å²) in [5.41, 5.74) is 4.01. The van der Waals surface area contributed by atoms with E-state index in [2.05, 4.69) is 17.1 Å². The van der Waals surface area contributed by atoms with Crippen LogP contribution in [-0.4, -0.2) is 17.4 Å². The number of hydrogen-bond donors (Lipinski definition) is 1.